The first-order valence-electron chi connectivity index (χ1n) is 42.1. The molecule has 0 saturated heterocycles. The zero-order chi connectivity index (χ0) is 67.2. The van der Waals surface area contributed by atoms with Crippen LogP contribution in [-0.4, -0.2) is 26.4 Å². The van der Waals surface area contributed by atoms with E-state index in [-0.39, 0.29) is 0 Å². The first kappa shape index (κ1) is 86.6. The van der Waals surface area contributed by atoms with Crippen molar-refractivity contribution in [1.29, 1.82) is 0 Å². The molecular formula is C90H156O4. The Morgan fingerprint density at radius 3 is 0.521 bits per heavy atom. The minimum Gasteiger partial charge on any atom is -0.493 e. The van der Waals surface area contributed by atoms with Gasteiger partial charge in [0.2, 0.25) is 0 Å². The van der Waals surface area contributed by atoms with Crippen LogP contribution in [0.25, 0.3) is 12.2 Å². The maximum Gasteiger partial charge on any atom is 0.135 e. The molecule has 2 aromatic rings. The van der Waals surface area contributed by atoms with Crippen LogP contribution < -0.4 is 18.9 Å². The van der Waals surface area contributed by atoms with E-state index < -0.39 is 0 Å². The van der Waals surface area contributed by atoms with Crippen molar-refractivity contribution in [1.82, 2.24) is 0 Å². The fraction of sp³-hybridized carbons (Fsp3) is 0.800. The summed E-state index contributed by atoms with van der Waals surface area (Å²) in [5, 5.41) is 0. The van der Waals surface area contributed by atoms with Crippen molar-refractivity contribution in [2.24, 2.45) is 0 Å². The molecule has 0 heterocycles. The Kier molecular flexibility index (Phi) is 63.9. The highest BCUT2D eigenvalue weighted by Gasteiger charge is 2.14. The SMILES string of the molecule is C#Cc1cc(OCCCCCCCCCCCCCCCCCC)c(/C=C/c2cc(OCCCCCCCCCCCCCCCCCC)c(C#C)cc2OCCCCCCCCCCCCCCCCCC)cc1OCCCCCCCCCCCCCCCCCC. The summed E-state index contributed by atoms with van der Waals surface area (Å²) in [4.78, 5) is 0. The van der Waals surface area contributed by atoms with Crippen LogP contribution in [0.5, 0.6) is 23.0 Å². The van der Waals surface area contributed by atoms with Crippen LogP contribution in [0.15, 0.2) is 24.3 Å². The van der Waals surface area contributed by atoms with Crippen molar-refractivity contribution in [3.8, 4) is 47.7 Å². The molecule has 94 heavy (non-hydrogen) atoms. The highest BCUT2D eigenvalue weighted by molar-refractivity contribution is 5.78. The van der Waals surface area contributed by atoms with Gasteiger partial charge in [0, 0.05) is 23.3 Å². The molecule has 4 nitrogen and oxygen atoms in total. The second-order valence-electron chi connectivity index (χ2n) is 29.0. The van der Waals surface area contributed by atoms with Crippen molar-refractivity contribution in [2.45, 2.75) is 439 Å². The fourth-order valence-corrected chi connectivity index (χ4v) is 13.6. The van der Waals surface area contributed by atoms with Crippen LogP contribution in [0.1, 0.15) is 461 Å². The van der Waals surface area contributed by atoms with Gasteiger partial charge < -0.3 is 18.9 Å². The van der Waals surface area contributed by atoms with Crippen molar-refractivity contribution in [3.05, 3.63) is 46.5 Å². The van der Waals surface area contributed by atoms with E-state index in [1.54, 1.807) is 0 Å². The number of benzene rings is 2. The molecule has 0 aromatic heterocycles. The van der Waals surface area contributed by atoms with Crippen LogP contribution >= 0.6 is 0 Å². The molecule has 0 aliphatic carbocycles. The van der Waals surface area contributed by atoms with Crippen molar-refractivity contribution in [2.75, 3.05) is 26.4 Å². The van der Waals surface area contributed by atoms with Gasteiger partial charge in [-0.25, -0.2) is 0 Å². The Labute approximate surface area is 587 Å². The molecule has 0 saturated carbocycles. The van der Waals surface area contributed by atoms with Gasteiger partial charge >= 0.3 is 0 Å². The normalized spacial score (nSPS) is 11.5. The van der Waals surface area contributed by atoms with Gasteiger partial charge in [-0.3, -0.25) is 0 Å². The number of ether oxygens (including phenoxy) is 4. The lowest BCUT2D eigenvalue weighted by Gasteiger charge is -2.16. The van der Waals surface area contributed by atoms with E-state index in [0.717, 1.165) is 70.9 Å². The van der Waals surface area contributed by atoms with Gasteiger partial charge in [-0.2, -0.15) is 0 Å². The Bertz CT molecular complexity index is 1890. The molecule has 0 atom stereocenters. The number of unbranched alkanes of at least 4 members (excludes halogenated alkanes) is 60. The average molecular weight is 1300 g/mol. The monoisotopic (exact) mass is 1300 g/mol. The summed E-state index contributed by atoms with van der Waals surface area (Å²) in [7, 11) is 0. The molecule has 4 heteroatoms. The predicted molar refractivity (Wildman–Crippen MR) is 418 cm³/mol. The summed E-state index contributed by atoms with van der Waals surface area (Å²) < 4.78 is 26.5. The molecule has 0 spiro atoms. The zero-order valence-corrected chi connectivity index (χ0v) is 63.3. The first-order valence-corrected chi connectivity index (χ1v) is 42.1. The van der Waals surface area contributed by atoms with E-state index >= 15 is 0 Å². The lowest BCUT2D eigenvalue weighted by Crippen LogP contribution is -2.04. The molecule has 2 aromatic carbocycles. The van der Waals surface area contributed by atoms with Crippen LogP contribution in [-0.2, 0) is 0 Å². The quantitative estimate of drug-likeness (QED) is 0.0376. The number of terminal acetylenes is 2. The highest BCUT2D eigenvalue weighted by atomic mass is 16.5. The lowest BCUT2D eigenvalue weighted by molar-refractivity contribution is 0.295. The first-order chi connectivity index (χ1) is 46.6. The van der Waals surface area contributed by atoms with Gasteiger partial charge in [-0.15, -0.1) is 12.8 Å². The predicted octanol–water partition coefficient (Wildman–Crippen LogP) is 30.4. The van der Waals surface area contributed by atoms with Gasteiger partial charge in [0.15, 0.2) is 0 Å². The molecule has 2 rings (SSSR count). The number of hydrogen-bond acceptors (Lipinski definition) is 4. The van der Waals surface area contributed by atoms with Crippen LogP contribution in [0.4, 0.5) is 0 Å². The molecular weight excluding hydrogens is 1140 g/mol. The molecule has 0 aliphatic rings. The third-order valence-electron chi connectivity index (χ3n) is 20.0. The van der Waals surface area contributed by atoms with Crippen molar-refractivity contribution in [3.63, 3.8) is 0 Å². The minimum atomic E-state index is 0.653. The maximum absolute atomic E-state index is 6.70. The smallest absolute Gasteiger partial charge is 0.135 e. The lowest BCUT2D eigenvalue weighted by atomic mass is 10.0. The largest absolute Gasteiger partial charge is 0.493 e. The number of hydrogen-bond donors (Lipinski definition) is 0. The average Bonchev–Trinajstić information content (AvgIpc) is 0.838. The van der Waals surface area contributed by atoms with Gasteiger partial charge in [-0.05, 0) is 37.8 Å². The second-order valence-corrected chi connectivity index (χ2v) is 29.0. The molecule has 0 aliphatic heterocycles. The van der Waals surface area contributed by atoms with E-state index in [0.29, 0.717) is 26.4 Å². The standard InChI is InChI=1S/C90H156O4/c1-7-13-17-21-25-29-33-37-41-45-49-53-57-61-65-69-75-91-87-81-85(89(79-83(87)11-5)93-77-71-67-63-59-55-51-47-43-39-35-31-27-23-19-15-9-3)73-74-86-82-88(92-76-70-66-62-58-54-50-46-42-38-34-30-26-22-18-14-8-2)84(12-6)80-90(86)94-78-72-68-64-60-56-52-48-44-40-36-32-28-24-20-16-10-4/h5-6,73-74,79-82H,7-10,13-72,75-78H2,1-4H3/b74-73+. The summed E-state index contributed by atoms with van der Waals surface area (Å²) >= 11 is 0. The van der Waals surface area contributed by atoms with E-state index in [1.165, 1.54) is 385 Å². The summed E-state index contributed by atoms with van der Waals surface area (Å²) in [6.07, 6.45) is 103. The van der Waals surface area contributed by atoms with E-state index in [9.17, 15) is 0 Å². The zero-order valence-electron chi connectivity index (χ0n) is 63.3. The third-order valence-corrected chi connectivity index (χ3v) is 20.0. The molecule has 0 amide bonds. The maximum atomic E-state index is 6.70. The molecule has 0 bridgehead atoms. The Hall–Kier alpha value is -3.50. The van der Waals surface area contributed by atoms with E-state index in [2.05, 4.69) is 63.8 Å². The minimum absolute atomic E-state index is 0.653. The topological polar surface area (TPSA) is 36.9 Å². The fourth-order valence-electron chi connectivity index (χ4n) is 13.6. The molecule has 0 unspecified atom stereocenters. The molecule has 0 fully saturated rings. The van der Waals surface area contributed by atoms with Crippen molar-refractivity contribution >= 4 is 12.2 Å². The van der Waals surface area contributed by atoms with Crippen molar-refractivity contribution < 1.29 is 18.9 Å². The van der Waals surface area contributed by atoms with Crippen LogP contribution in [0.2, 0.25) is 0 Å². The van der Waals surface area contributed by atoms with Gasteiger partial charge in [0.25, 0.3) is 0 Å². The van der Waals surface area contributed by atoms with Crippen LogP contribution in [0, 0.1) is 24.7 Å². The highest BCUT2D eigenvalue weighted by Crippen LogP contribution is 2.35. The van der Waals surface area contributed by atoms with Gasteiger partial charge in [-0.1, -0.05) is 437 Å². The third kappa shape index (κ3) is 52.6. The number of rotatable bonds is 74. The Balaban J connectivity index is 2.11. The Morgan fingerprint density at radius 1 is 0.213 bits per heavy atom. The van der Waals surface area contributed by atoms with E-state index in [1.807, 2.05) is 12.1 Å². The van der Waals surface area contributed by atoms with Crippen LogP contribution in [0.3, 0.4) is 0 Å². The summed E-state index contributed by atoms with van der Waals surface area (Å²) in [5.74, 6) is 9.05. The molecule has 0 radical (unpaired) electrons. The Morgan fingerprint density at radius 2 is 0.362 bits per heavy atom. The summed E-state index contributed by atoms with van der Waals surface area (Å²) in [6, 6.07) is 8.31. The van der Waals surface area contributed by atoms with E-state index in [4.69, 9.17) is 31.8 Å². The summed E-state index contributed by atoms with van der Waals surface area (Å²) in [5.41, 5.74) is 3.42. The molecule has 540 valence electrons. The van der Waals surface area contributed by atoms with Gasteiger partial charge in [0.1, 0.15) is 23.0 Å². The molecule has 0 N–H and O–H groups in total. The van der Waals surface area contributed by atoms with Gasteiger partial charge in [0.05, 0.1) is 37.6 Å². The second kappa shape index (κ2) is 69.4. The summed E-state index contributed by atoms with van der Waals surface area (Å²) in [6.45, 7) is 11.8.